The average molecular weight is 408 g/mol. The lowest BCUT2D eigenvalue weighted by molar-refractivity contribution is -0.114. The highest BCUT2D eigenvalue weighted by molar-refractivity contribution is 6.31. The lowest BCUT2D eigenvalue weighted by atomic mass is 10.1. The van der Waals surface area contributed by atoms with E-state index in [0.717, 1.165) is 11.1 Å². The van der Waals surface area contributed by atoms with Crippen LogP contribution in [0.5, 0.6) is 0 Å². The topological polar surface area (TPSA) is 70.2 Å². The van der Waals surface area contributed by atoms with Crippen molar-refractivity contribution in [2.24, 2.45) is 0 Å². The van der Waals surface area contributed by atoms with Gasteiger partial charge in [0.1, 0.15) is 0 Å². The van der Waals surface area contributed by atoms with Crippen molar-refractivity contribution in [3.8, 4) is 0 Å². The second-order valence-electron chi connectivity index (χ2n) is 6.73. The van der Waals surface area contributed by atoms with Crippen molar-refractivity contribution < 1.29 is 9.59 Å². The molecular weight excluding hydrogens is 386 g/mol. The fraction of sp³-hybridized carbons (Fsp3) is 0.130. The van der Waals surface area contributed by atoms with Gasteiger partial charge in [0.25, 0.3) is 5.91 Å². The fourth-order valence-electron chi connectivity index (χ4n) is 2.77. The summed E-state index contributed by atoms with van der Waals surface area (Å²) in [6, 6.07) is 20.0. The third kappa shape index (κ3) is 5.59. The number of aryl methyl sites for hydroxylation is 2. The summed E-state index contributed by atoms with van der Waals surface area (Å²) in [5.41, 5.74) is 4.45. The highest BCUT2D eigenvalue weighted by Gasteiger charge is 2.12. The minimum absolute atomic E-state index is 0.0147. The normalized spacial score (nSPS) is 10.3. The van der Waals surface area contributed by atoms with Gasteiger partial charge in [0.2, 0.25) is 5.91 Å². The Morgan fingerprint density at radius 1 is 0.862 bits per heavy atom. The van der Waals surface area contributed by atoms with Crippen molar-refractivity contribution in [2.45, 2.75) is 13.8 Å². The van der Waals surface area contributed by atoms with Crippen molar-refractivity contribution in [1.82, 2.24) is 0 Å². The number of hydrogen-bond donors (Lipinski definition) is 3. The molecule has 3 aromatic rings. The molecule has 6 heteroatoms. The van der Waals surface area contributed by atoms with Crippen LogP contribution in [0.25, 0.3) is 0 Å². The molecule has 148 valence electrons. The van der Waals surface area contributed by atoms with Gasteiger partial charge in [0, 0.05) is 22.1 Å². The summed E-state index contributed by atoms with van der Waals surface area (Å²) >= 11 is 5.99. The van der Waals surface area contributed by atoms with E-state index < -0.39 is 0 Å². The van der Waals surface area contributed by atoms with Gasteiger partial charge in [-0.05, 0) is 55.8 Å². The van der Waals surface area contributed by atoms with Crippen LogP contribution in [-0.2, 0) is 4.79 Å². The molecule has 0 unspecified atom stereocenters. The van der Waals surface area contributed by atoms with Crippen molar-refractivity contribution >= 4 is 40.5 Å². The van der Waals surface area contributed by atoms with Gasteiger partial charge in [0.15, 0.2) is 0 Å². The molecule has 0 aromatic heterocycles. The van der Waals surface area contributed by atoms with Gasteiger partial charge in [-0.3, -0.25) is 9.59 Å². The average Bonchev–Trinajstić information content (AvgIpc) is 2.71. The van der Waals surface area contributed by atoms with E-state index in [1.807, 2.05) is 50.2 Å². The third-order valence-corrected chi connectivity index (χ3v) is 4.63. The number of halogens is 1. The Balaban J connectivity index is 1.65. The maximum atomic E-state index is 12.7. The molecule has 3 aromatic carbocycles. The quantitative estimate of drug-likeness (QED) is 0.522. The van der Waals surface area contributed by atoms with Gasteiger partial charge in [-0.15, -0.1) is 0 Å². The Morgan fingerprint density at radius 2 is 1.59 bits per heavy atom. The number of amides is 2. The number of anilines is 3. The van der Waals surface area contributed by atoms with Crippen LogP contribution in [0.2, 0.25) is 5.02 Å². The van der Waals surface area contributed by atoms with Crippen LogP contribution >= 0.6 is 11.6 Å². The van der Waals surface area contributed by atoms with E-state index in [2.05, 4.69) is 16.0 Å². The van der Waals surface area contributed by atoms with E-state index >= 15 is 0 Å². The highest BCUT2D eigenvalue weighted by atomic mass is 35.5. The predicted octanol–water partition coefficient (Wildman–Crippen LogP) is 5.26. The second-order valence-corrected chi connectivity index (χ2v) is 7.16. The molecule has 0 aliphatic carbocycles. The lowest BCUT2D eigenvalue weighted by Crippen LogP contribution is -2.23. The van der Waals surface area contributed by atoms with Crippen LogP contribution in [0, 0.1) is 13.8 Å². The molecule has 0 heterocycles. The van der Waals surface area contributed by atoms with Gasteiger partial charge in [0.05, 0.1) is 12.1 Å². The zero-order valence-electron chi connectivity index (χ0n) is 16.3. The summed E-state index contributed by atoms with van der Waals surface area (Å²) in [5, 5.41) is 9.29. The SMILES string of the molecule is Cc1ccc(NC(=O)c2ccccc2NCC(=O)Nc2cc(Cl)ccc2C)cc1. The van der Waals surface area contributed by atoms with E-state index in [4.69, 9.17) is 11.6 Å². The van der Waals surface area contributed by atoms with E-state index in [0.29, 0.717) is 27.6 Å². The molecule has 0 bridgehead atoms. The molecule has 0 aliphatic rings. The maximum absolute atomic E-state index is 12.7. The summed E-state index contributed by atoms with van der Waals surface area (Å²) < 4.78 is 0. The largest absolute Gasteiger partial charge is 0.376 e. The van der Waals surface area contributed by atoms with Crippen molar-refractivity contribution in [3.63, 3.8) is 0 Å². The van der Waals surface area contributed by atoms with Crippen LogP contribution in [0.4, 0.5) is 17.1 Å². The van der Waals surface area contributed by atoms with Crippen LogP contribution < -0.4 is 16.0 Å². The Kier molecular flexibility index (Phi) is 6.52. The van der Waals surface area contributed by atoms with Gasteiger partial charge in [-0.2, -0.15) is 0 Å². The van der Waals surface area contributed by atoms with Crippen molar-refractivity contribution in [1.29, 1.82) is 0 Å². The maximum Gasteiger partial charge on any atom is 0.257 e. The molecule has 0 saturated heterocycles. The number of carbonyl (C=O) groups excluding carboxylic acids is 2. The Morgan fingerprint density at radius 3 is 2.34 bits per heavy atom. The summed E-state index contributed by atoms with van der Waals surface area (Å²) in [5.74, 6) is -0.479. The molecule has 0 aliphatic heterocycles. The molecule has 0 fully saturated rings. The molecule has 3 N–H and O–H groups in total. The smallest absolute Gasteiger partial charge is 0.257 e. The number of benzene rings is 3. The number of nitrogens with one attached hydrogen (secondary N) is 3. The van der Waals surface area contributed by atoms with Crippen LogP contribution in [-0.4, -0.2) is 18.4 Å². The first-order valence-electron chi connectivity index (χ1n) is 9.19. The lowest BCUT2D eigenvalue weighted by Gasteiger charge is -2.13. The van der Waals surface area contributed by atoms with E-state index in [1.54, 1.807) is 30.3 Å². The molecule has 2 amide bonds. The Hall–Kier alpha value is -3.31. The first-order chi connectivity index (χ1) is 13.9. The third-order valence-electron chi connectivity index (χ3n) is 4.39. The monoisotopic (exact) mass is 407 g/mol. The highest BCUT2D eigenvalue weighted by Crippen LogP contribution is 2.21. The fourth-order valence-corrected chi connectivity index (χ4v) is 2.94. The first kappa shape index (κ1) is 20.4. The summed E-state index contributed by atoms with van der Waals surface area (Å²) in [4.78, 5) is 25.0. The van der Waals surface area contributed by atoms with E-state index in [1.165, 1.54) is 0 Å². The predicted molar refractivity (Wildman–Crippen MR) is 119 cm³/mol. The number of hydrogen-bond acceptors (Lipinski definition) is 3. The molecule has 3 rings (SSSR count). The number of rotatable bonds is 6. The number of carbonyl (C=O) groups is 2. The molecule has 0 radical (unpaired) electrons. The summed E-state index contributed by atoms with van der Waals surface area (Å²) in [6.07, 6.45) is 0. The Labute approximate surface area is 175 Å². The number of para-hydroxylation sites is 1. The van der Waals surface area contributed by atoms with Gasteiger partial charge < -0.3 is 16.0 Å². The zero-order chi connectivity index (χ0) is 20.8. The standard InChI is InChI=1S/C23H22ClN3O2/c1-15-7-11-18(12-8-15)26-23(29)19-5-3-4-6-20(19)25-14-22(28)27-21-13-17(24)10-9-16(21)2/h3-13,25H,14H2,1-2H3,(H,26,29)(H,27,28). The van der Waals surface area contributed by atoms with Crippen molar-refractivity contribution in [2.75, 3.05) is 22.5 Å². The molecule has 29 heavy (non-hydrogen) atoms. The molecular formula is C23H22ClN3O2. The van der Waals surface area contributed by atoms with Gasteiger partial charge in [-0.1, -0.05) is 47.5 Å². The van der Waals surface area contributed by atoms with Crippen molar-refractivity contribution in [3.05, 3.63) is 88.4 Å². The van der Waals surface area contributed by atoms with Crippen LogP contribution in [0.15, 0.2) is 66.7 Å². The van der Waals surface area contributed by atoms with Crippen LogP contribution in [0.1, 0.15) is 21.5 Å². The first-order valence-corrected chi connectivity index (χ1v) is 9.57. The van der Waals surface area contributed by atoms with Crippen LogP contribution in [0.3, 0.4) is 0 Å². The minimum atomic E-state index is -0.247. The van der Waals surface area contributed by atoms with E-state index in [9.17, 15) is 9.59 Å². The molecule has 0 spiro atoms. The summed E-state index contributed by atoms with van der Waals surface area (Å²) in [7, 11) is 0. The van der Waals surface area contributed by atoms with Gasteiger partial charge in [-0.25, -0.2) is 0 Å². The molecule has 5 nitrogen and oxygen atoms in total. The molecule has 0 atom stereocenters. The second kappa shape index (κ2) is 9.26. The minimum Gasteiger partial charge on any atom is -0.376 e. The molecule has 0 saturated carbocycles. The van der Waals surface area contributed by atoms with E-state index in [-0.39, 0.29) is 18.4 Å². The Bertz CT molecular complexity index is 1030. The van der Waals surface area contributed by atoms with Gasteiger partial charge >= 0.3 is 0 Å². The zero-order valence-corrected chi connectivity index (χ0v) is 17.0. The summed E-state index contributed by atoms with van der Waals surface area (Å²) in [6.45, 7) is 3.89.